The molecule has 0 atom stereocenters. The number of hydrogen-bond acceptors (Lipinski definition) is 5. The lowest BCUT2D eigenvalue weighted by Gasteiger charge is -2.02. The Morgan fingerprint density at radius 3 is 2.81 bits per heavy atom. The Kier molecular flexibility index (Phi) is 3.53. The SMILES string of the molecule is Nc1ccc(SCc2c(C(=O)O)oc3ccccc23)cn1. The Labute approximate surface area is 124 Å². The van der Waals surface area contributed by atoms with E-state index in [9.17, 15) is 9.90 Å². The molecule has 0 fully saturated rings. The normalized spacial score (nSPS) is 10.9. The minimum atomic E-state index is -1.06. The highest BCUT2D eigenvalue weighted by Gasteiger charge is 2.19. The molecule has 0 amide bonds. The van der Waals surface area contributed by atoms with Crippen LogP contribution in [0.1, 0.15) is 16.1 Å². The molecular weight excluding hydrogens is 288 g/mol. The number of fused-ring (bicyclic) bond motifs is 1. The number of para-hydroxylation sites is 1. The van der Waals surface area contributed by atoms with E-state index in [0.29, 0.717) is 22.7 Å². The van der Waals surface area contributed by atoms with Gasteiger partial charge in [0.15, 0.2) is 0 Å². The lowest BCUT2D eigenvalue weighted by molar-refractivity contribution is 0.0664. The molecule has 106 valence electrons. The molecule has 0 radical (unpaired) electrons. The molecule has 21 heavy (non-hydrogen) atoms. The Hall–Kier alpha value is -2.47. The maximum absolute atomic E-state index is 11.3. The molecule has 5 nitrogen and oxygen atoms in total. The molecular formula is C15H12N2O3S. The van der Waals surface area contributed by atoms with Crippen molar-refractivity contribution in [2.24, 2.45) is 0 Å². The van der Waals surface area contributed by atoms with Gasteiger partial charge in [0, 0.05) is 27.8 Å². The second-order valence-corrected chi connectivity index (χ2v) is 5.47. The number of pyridine rings is 1. The second-order valence-electron chi connectivity index (χ2n) is 4.42. The number of aromatic nitrogens is 1. The number of nitrogen functional groups attached to an aromatic ring is 1. The number of benzene rings is 1. The summed E-state index contributed by atoms with van der Waals surface area (Å²) < 4.78 is 5.42. The minimum Gasteiger partial charge on any atom is -0.475 e. The molecule has 0 aliphatic heterocycles. The van der Waals surface area contributed by atoms with Crippen LogP contribution >= 0.6 is 11.8 Å². The van der Waals surface area contributed by atoms with E-state index in [0.717, 1.165) is 10.3 Å². The van der Waals surface area contributed by atoms with E-state index < -0.39 is 5.97 Å². The van der Waals surface area contributed by atoms with Gasteiger partial charge in [-0.1, -0.05) is 18.2 Å². The molecule has 2 aromatic heterocycles. The van der Waals surface area contributed by atoms with Gasteiger partial charge in [-0.15, -0.1) is 11.8 Å². The number of aromatic carboxylic acids is 1. The first-order valence-corrected chi connectivity index (χ1v) is 7.22. The summed E-state index contributed by atoms with van der Waals surface area (Å²) in [6.07, 6.45) is 1.67. The Bertz CT molecular complexity index is 796. The highest BCUT2D eigenvalue weighted by Crippen LogP contribution is 2.31. The highest BCUT2D eigenvalue weighted by atomic mass is 32.2. The first kappa shape index (κ1) is 13.5. The third-order valence-corrected chi connectivity index (χ3v) is 4.04. The molecule has 3 rings (SSSR count). The number of anilines is 1. The Balaban J connectivity index is 1.93. The van der Waals surface area contributed by atoms with Crippen LogP contribution in [0.15, 0.2) is 51.9 Å². The summed E-state index contributed by atoms with van der Waals surface area (Å²) >= 11 is 1.49. The summed E-state index contributed by atoms with van der Waals surface area (Å²) in [5.41, 5.74) is 6.81. The van der Waals surface area contributed by atoms with Crippen LogP contribution in [0.4, 0.5) is 5.82 Å². The fourth-order valence-electron chi connectivity index (χ4n) is 2.05. The van der Waals surface area contributed by atoms with Crippen LogP contribution in [0.5, 0.6) is 0 Å². The van der Waals surface area contributed by atoms with Crippen LogP contribution in [0.25, 0.3) is 11.0 Å². The van der Waals surface area contributed by atoms with Crippen molar-refractivity contribution in [3.05, 3.63) is 53.9 Å². The van der Waals surface area contributed by atoms with Crippen molar-refractivity contribution in [1.29, 1.82) is 0 Å². The lowest BCUT2D eigenvalue weighted by atomic mass is 10.1. The van der Waals surface area contributed by atoms with Crippen molar-refractivity contribution in [3.8, 4) is 0 Å². The number of carbonyl (C=O) groups is 1. The van der Waals surface area contributed by atoms with Crippen molar-refractivity contribution in [2.45, 2.75) is 10.6 Å². The van der Waals surface area contributed by atoms with Crippen molar-refractivity contribution >= 4 is 34.5 Å². The molecule has 6 heteroatoms. The van der Waals surface area contributed by atoms with E-state index in [2.05, 4.69) is 4.98 Å². The third-order valence-electron chi connectivity index (χ3n) is 3.03. The zero-order chi connectivity index (χ0) is 14.8. The van der Waals surface area contributed by atoms with Gasteiger partial charge in [0.1, 0.15) is 11.4 Å². The van der Waals surface area contributed by atoms with Gasteiger partial charge in [0.2, 0.25) is 5.76 Å². The van der Waals surface area contributed by atoms with E-state index in [4.69, 9.17) is 10.2 Å². The van der Waals surface area contributed by atoms with E-state index >= 15 is 0 Å². The topological polar surface area (TPSA) is 89.4 Å². The largest absolute Gasteiger partial charge is 0.475 e. The van der Waals surface area contributed by atoms with Gasteiger partial charge in [0.25, 0.3) is 0 Å². The zero-order valence-corrected chi connectivity index (χ0v) is 11.8. The standard InChI is InChI=1S/C15H12N2O3S/c16-13-6-5-9(7-17-13)21-8-11-10-3-1-2-4-12(10)20-14(11)15(18)19/h1-7H,8H2,(H2,16,17)(H,18,19). The highest BCUT2D eigenvalue weighted by molar-refractivity contribution is 7.98. The van der Waals surface area contributed by atoms with Gasteiger partial charge >= 0.3 is 5.97 Å². The van der Waals surface area contributed by atoms with Gasteiger partial charge in [-0.25, -0.2) is 9.78 Å². The zero-order valence-electron chi connectivity index (χ0n) is 10.9. The number of hydrogen-bond donors (Lipinski definition) is 2. The van der Waals surface area contributed by atoms with Gasteiger partial charge in [-0.2, -0.15) is 0 Å². The second kappa shape index (κ2) is 5.49. The van der Waals surface area contributed by atoms with Gasteiger partial charge in [-0.05, 0) is 18.2 Å². The van der Waals surface area contributed by atoms with Crippen molar-refractivity contribution in [2.75, 3.05) is 5.73 Å². The molecule has 0 saturated heterocycles. The van der Waals surface area contributed by atoms with E-state index in [1.165, 1.54) is 11.8 Å². The van der Waals surface area contributed by atoms with E-state index in [1.807, 2.05) is 24.3 Å². The van der Waals surface area contributed by atoms with Gasteiger partial charge in [-0.3, -0.25) is 0 Å². The Morgan fingerprint density at radius 2 is 2.10 bits per heavy atom. The van der Waals surface area contributed by atoms with Crippen LogP contribution in [-0.2, 0) is 5.75 Å². The maximum Gasteiger partial charge on any atom is 0.372 e. The summed E-state index contributed by atoms with van der Waals surface area (Å²) in [6, 6.07) is 10.9. The van der Waals surface area contributed by atoms with Gasteiger partial charge < -0.3 is 15.3 Å². The molecule has 0 saturated carbocycles. The number of nitrogens with zero attached hydrogens (tertiary/aromatic N) is 1. The number of carboxylic acids is 1. The van der Waals surface area contributed by atoms with Crippen LogP contribution in [-0.4, -0.2) is 16.1 Å². The molecule has 2 heterocycles. The molecule has 0 spiro atoms. The molecule has 0 unspecified atom stereocenters. The predicted molar refractivity (Wildman–Crippen MR) is 81.4 cm³/mol. The number of nitrogens with two attached hydrogens (primary N) is 1. The number of carboxylic acid groups (broad SMARTS) is 1. The monoisotopic (exact) mass is 300 g/mol. The fraction of sp³-hybridized carbons (Fsp3) is 0.0667. The number of thioether (sulfide) groups is 1. The summed E-state index contributed by atoms with van der Waals surface area (Å²) in [5, 5.41) is 10.1. The van der Waals surface area contributed by atoms with Crippen molar-refractivity contribution < 1.29 is 14.3 Å². The summed E-state index contributed by atoms with van der Waals surface area (Å²) in [6.45, 7) is 0. The molecule has 3 N–H and O–H groups in total. The number of rotatable bonds is 4. The fourth-order valence-corrected chi connectivity index (χ4v) is 2.94. The molecule has 0 bridgehead atoms. The minimum absolute atomic E-state index is 0.00731. The van der Waals surface area contributed by atoms with Crippen molar-refractivity contribution in [3.63, 3.8) is 0 Å². The lowest BCUT2D eigenvalue weighted by Crippen LogP contribution is -1.98. The quantitative estimate of drug-likeness (QED) is 0.718. The summed E-state index contributed by atoms with van der Waals surface area (Å²) in [4.78, 5) is 16.3. The smallest absolute Gasteiger partial charge is 0.372 e. The molecule has 1 aromatic carbocycles. The van der Waals surface area contributed by atoms with Crippen molar-refractivity contribution in [1.82, 2.24) is 4.98 Å². The van der Waals surface area contributed by atoms with E-state index in [1.54, 1.807) is 18.3 Å². The molecule has 0 aliphatic rings. The summed E-state index contributed by atoms with van der Waals surface area (Å²) in [7, 11) is 0. The van der Waals surface area contributed by atoms with E-state index in [-0.39, 0.29) is 5.76 Å². The predicted octanol–water partition coefficient (Wildman–Crippen LogP) is 3.40. The van der Waals surface area contributed by atoms with Gasteiger partial charge in [0.05, 0.1) is 0 Å². The van der Waals surface area contributed by atoms with Crippen LogP contribution in [0.2, 0.25) is 0 Å². The molecule has 3 aromatic rings. The average Bonchev–Trinajstić information content (AvgIpc) is 2.86. The average molecular weight is 300 g/mol. The third kappa shape index (κ3) is 2.71. The first-order valence-electron chi connectivity index (χ1n) is 6.23. The Morgan fingerprint density at radius 1 is 1.29 bits per heavy atom. The van der Waals surface area contributed by atoms with Crippen LogP contribution in [0.3, 0.4) is 0 Å². The first-order chi connectivity index (χ1) is 10.1. The summed E-state index contributed by atoms with van der Waals surface area (Å²) in [5.74, 6) is -0.117. The molecule has 0 aliphatic carbocycles. The van der Waals surface area contributed by atoms with Crippen LogP contribution < -0.4 is 5.73 Å². The van der Waals surface area contributed by atoms with Crippen LogP contribution in [0, 0.1) is 0 Å². The number of furan rings is 1. The maximum atomic E-state index is 11.3.